The summed E-state index contributed by atoms with van der Waals surface area (Å²) >= 11 is 0. The number of hydrogen-bond donors (Lipinski definition) is 2. The van der Waals surface area contributed by atoms with Gasteiger partial charge in [0.05, 0.1) is 12.4 Å². The van der Waals surface area contributed by atoms with Gasteiger partial charge in [-0.15, -0.1) is 0 Å². The molecule has 0 saturated carbocycles. The van der Waals surface area contributed by atoms with Gasteiger partial charge in [0.15, 0.2) is 0 Å². The molecule has 0 spiro atoms. The van der Waals surface area contributed by atoms with Crippen molar-refractivity contribution in [2.45, 2.75) is 33.0 Å². The van der Waals surface area contributed by atoms with E-state index in [-0.39, 0.29) is 12.5 Å². The van der Waals surface area contributed by atoms with Gasteiger partial charge in [-0.3, -0.25) is 0 Å². The average Bonchev–Trinajstić information content (AvgIpc) is 1.85. The Morgan fingerprint density at radius 1 is 1.67 bits per heavy atom. The molecule has 2 atom stereocenters. The van der Waals surface area contributed by atoms with Crippen molar-refractivity contribution in [2.24, 2.45) is 5.92 Å². The highest BCUT2D eigenvalue weighted by Gasteiger charge is 2.31. The summed E-state index contributed by atoms with van der Waals surface area (Å²) in [6.07, 6.45) is 0.663. The first-order valence-electron chi connectivity index (χ1n) is 4.11. The van der Waals surface area contributed by atoms with Crippen molar-refractivity contribution in [3.63, 3.8) is 0 Å². The van der Waals surface area contributed by atoms with E-state index in [0.29, 0.717) is 12.2 Å². The van der Waals surface area contributed by atoms with Gasteiger partial charge in [0.2, 0.25) is 5.79 Å². The second-order valence-electron chi connectivity index (χ2n) is 3.15. The minimum absolute atomic E-state index is 0.0865. The van der Waals surface area contributed by atoms with Crippen molar-refractivity contribution in [3.8, 4) is 0 Å². The van der Waals surface area contributed by atoms with Crippen LogP contribution in [0.5, 0.6) is 0 Å². The molecule has 2 N–H and O–H groups in total. The fourth-order valence-electron chi connectivity index (χ4n) is 1.11. The van der Waals surface area contributed by atoms with Gasteiger partial charge in [0, 0.05) is 12.8 Å². The highest BCUT2D eigenvalue weighted by molar-refractivity contribution is 4.81. The van der Waals surface area contributed by atoms with Crippen LogP contribution in [-0.4, -0.2) is 22.6 Å². The highest BCUT2D eigenvalue weighted by Crippen LogP contribution is 2.23. The molecule has 0 aliphatic heterocycles. The molecule has 0 aromatic rings. The molecule has 12 heavy (non-hydrogen) atoms. The monoisotopic (exact) mass is 174 g/mol. The quantitative estimate of drug-likeness (QED) is 0.487. The van der Waals surface area contributed by atoms with E-state index in [1.54, 1.807) is 6.92 Å². The van der Waals surface area contributed by atoms with Gasteiger partial charge in [0.1, 0.15) is 0 Å². The van der Waals surface area contributed by atoms with Crippen LogP contribution in [0, 0.1) is 5.92 Å². The van der Waals surface area contributed by atoms with Crippen molar-refractivity contribution in [1.82, 2.24) is 0 Å². The van der Waals surface area contributed by atoms with Gasteiger partial charge in [-0.25, -0.2) is 0 Å². The Morgan fingerprint density at radius 2 is 2.17 bits per heavy atom. The van der Waals surface area contributed by atoms with Gasteiger partial charge in [-0.05, 0) is 13.3 Å². The summed E-state index contributed by atoms with van der Waals surface area (Å²) in [5.41, 5.74) is 0. The predicted molar refractivity (Wildman–Crippen MR) is 47.4 cm³/mol. The van der Waals surface area contributed by atoms with Crippen molar-refractivity contribution in [3.05, 3.63) is 12.3 Å². The van der Waals surface area contributed by atoms with Gasteiger partial charge >= 0.3 is 0 Å². The summed E-state index contributed by atoms with van der Waals surface area (Å²) in [4.78, 5) is 0. The molecule has 0 fully saturated rings. The summed E-state index contributed by atoms with van der Waals surface area (Å²) < 4.78 is 5.08. The Kier molecular flexibility index (Phi) is 4.28. The molecule has 3 heteroatoms. The van der Waals surface area contributed by atoms with Crippen LogP contribution in [0.15, 0.2) is 12.3 Å². The Balaban J connectivity index is 4.24. The average molecular weight is 174 g/mol. The summed E-state index contributed by atoms with van der Waals surface area (Å²) in [7, 11) is 0. The second-order valence-corrected chi connectivity index (χ2v) is 3.15. The van der Waals surface area contributed by atoms with Crippen LogP contribution in [-0.2, 0) is 4.74 Å². The lowest BCUT2D eigenvalue weighted by atomic mass is 9.98. The summed E-state index contributed by atoms with van der Waals surface area (Å²) in [5.74, 6) is -1.13. The SMILES string of the molecule is C=C(C)OC(C)(O)C(CC)CO. The number of aliphatic hydroxyl groups is 2. The lowest BCUT2D eigenvalue weighted by Gasteiger charge is -2.31. The molecule has 0 radical (unpaired) electrons. The molecule has 0 aliphatic rings. The number of ether oxygens (including phenoxy) is 1. The maximum absolute atomic E-state index is 9.70. The normalized spacial score (nSPS) is 18.1. The maximum Gasteiger partial charge on any atom is 0.209 e. The minimum atomic E-state index is -1.31. The second kappa shape index (κ2) is 4.48. The zero-order valence-corrected chi connectivity index (χ0v) is 8.00. The first-order valence-corrected chi connectivity index (χ1v) is 4.11. The molecule has 2 unspecified atom stereocenters. The van der Waals surface area contributed by atoms with Gasteiger partial charge < -0.3 is 14.9 Å². The van der Waals surface area contributed by atoms with Crippen LogP contribution in [0.3, 0.4) is 0 Å². The van der Waals surface area contributed by atoms with Crippen LogP contribution in [0.1, 0.15) is 27.2 Å². The molecular formula is C9H18O3. The molecular weight excluding hydrogens is 156 g/mol. The number of allylic oxidation sites excluding steroid dienone is 1. The number of aliphatic hydroxyl groups excluding tert-OH is 1. The lowest BCUT2D eigenvalue weighted by Crippen LogP contribution is -2.38. The number of hydrogen-bond acceptors (Lipinski definition) is 3. The topological polar surface area (TPSA) is 49.7 Å². The molecule has 3 nitrogen and oxygen atoms in total. The van der Waals surface area contributed by atoms with Crippen LogP contribution in [0.25, 0.3) is 0 Å². The minimum Gasteiger partial charge on any atom is -0.468 e. The molecule has 0 aromatic heterocycles. The van der Waals surface area contributed by atoms with E-state index in [1.807, 2.05) is 6.92 Å². The Hall–Kier alpha value is -0.540. The molecule has 0 rings (SSSR count). The van der Waals surface area contributed by atoms with E-state index in [2.05, 4.69) is 6.58 Å². The van der Waals surface area contributed by atoms with E-state index >= 15 is 0 Å². The number of rotatable bonds is 5. The largest absolute Gasteiger partial charge is 0.468 e. The van der Waals surface area contributed by atoms with Crippen molar-refractivity contribution in [2.75, 3.05) is 6.61 Å². The molecule has 0 aliphatic carbocycles. The van der Waals surface area contributed by atoms with E-state index in [4.69, 9.17) is 9.84 Å². The molecule has 0 amide bonds. The predicted octanol–water partition coefficient (Wildman–Crippen LogP) is 1.26. The first kappa shape index (κ1) is 11.5. The Bertz CT molecular complexity index is 148. The maximum atomic E-state index is 9.70. The standard InChI is InChI=1S/C9H18O3/c1-5-8(6-10)9(4,11)12-7(2)3/h8,10-11H,2,5-6H2,1,3-4H3. The fraction of sp³-hybridized carbons (Fsp3) is 0.778. The summed E-state index contributed by atoms with van der Waals surface area (Å²) in [5, 5.41) is 18.6. The van der Waals surface area contributed by atoms with Crippen molar-refractivity contribution < 1.29 is 14.9 Å². The molecule has 0 heterocycles. The molecule has 0 saturated heterocycles. The van der Waals surface area contributed by atoms with Gasteiger partial charge in [-0.2, -0.15) is 0 Å². The van der Waals surface area contributed by atoms with E-state index in [0.717, 1.165) is 0 Å². The zero-order chi connectivity index (χ0) is 9.78. The van der Waals surface area contributed by atoms with Crippen LogP contribution < -0.4 is 0 Å². The summed E-state index contributed by atoms with van der Waals surface area (Å²) in [6.45, 7) is 8.53. The Morgan fingerprint density at radius 3 is 2.42 bits per heavy atom. The first-order chi connectivity index (χ1) is 5.44. The van der Waals surface area contributed by atoms with E-state index in [9.17, 15) is 5.11 Å². The van der Waals surface area contributed by atoms with Crippen molar-refractivity contribution in [1.29, 1.82) is 0 Å². The Labute approximate surface area is 73.7 Å². The van der Waals surface area contributed by atoms with E-state index < -0.39 is 5.79 Å². The van der Waals surface area contributed by atoms with E-state index in [1.165, 1.54) is 6.92 Å². The van der Waals surface area contributed by atoms with Gasteiger partial charge in [0.25, 0.3) is 0 Å². The van der Waals surface area contributed by atoms with Crippen LogP contribution >= 0.6 is 0 Å². The molecule has 0 bridgehead atoms. The van der Waals surface area contributed by atoms with Crippen molar-refractivity contribution >= 4 is 0 Å². The smallest absolute Gasteiger partial charge is 0.209 e. The zero-order valence-electron chi connectivity index (χ0n) is 8.00. The highest BCUT2D eigenvalue weighted by atomic mass is 16.6. The van der Waals surface area contributed by atoms with Crippen LogP contribution in [0.2, 0.25) is 0 Å². The molecule has 0 aromatic carbocycles. The fourth-order valence-corrected chi connectivity index (χ4v) is 1.11. The van der Waals surface area contributed by atoms with Crippen LogP contribution in [0.4, 0.5) is 0 Å². The summed E-state index contributed by atoms with van der Waals surface area (Å²) in [6, 6.07) is 0. The van der Waals surface area contributed by atoms with Gasteiger partial charge in [-0.1, -0.05) is 13.5 Å². The third-order valence-electron chi connectivity index (χ3n) is 1.85. The lowest BCUT2D eigenvalue weighted by molar-refractivity contribution is -0.207. The third-order valence-corrected chi connectivity index (χ3v) is 1.85. The third kappa shape index (κ3) is 3.24. The molecule has 72 valence electrons.